The van der Waals surface area contributed by atoms with Gasteiger partial charge in [0.2, 0.25) is 23.6 Å². The van der Waals surface area contributed by atoms with Gasteiger partial charge in [0.25, 0.3) is 0 Å². The van der Waals surface area contributed by atoms with E-state index in [9.17, 15) is 28.2 Å². The summed E-state index contributed by atoms with van der Waals surface area (Å²) in [5.74, 6) is -0.207. The Labute approximate surface area is 336 Å². The molecule has 0 fully saturated rings. The molecule has 0 saturated heterocycles. The summed E-state index contributed by atoms with van der Waals surface area (Å²) in [5.41, 5.74) is 1.45. The van der Waals surface area contributed by atoms with Crippen LogP contribution >= 0.6 is 0 Å². The topological polar surface area (TPSA) is 208 Å². The first-order valence-electron chi connectivity index (χ1n) is 20.3. The van der Waals surface area contributed by atoms with Gasteiger partial charge in [-0.05, 0) is 24.8 Å². The van der Waals surface area contributed by atoms with E-state index in [1.165, 1.54) is 44.9 Å². The maximum atomic E-state index is 12.1. The van der Waals surface area contributed by atoms with Gasteiger partial charge in [0.15, 0.2) is 11.1 Å². The fraction of sp³-hybridized carbons (Fsp3) is 0.725. The van der Waals surface area contributed by atoms with E-state index in [0.717, 1.165) is 50.4 Å². The van der Waals surface area contributed by atoms with Crippen LogP contribution in [0.5, 0.6) is 0 Å². The monoisotopic (exact) mass is 812 g/mol. The van der Waals surface area contributed by atoms with Crippen molar-refractivity contribution in [2.75, 3.05) is 78.2 Å². The summed E-state index contributed by atoms with van der Waals surface area (Å²) < 4.78 is 40.7. The van der Waals surface area contributed by atoms with Crippen LogP contribution in [0.3, 0.4) is 0 Å². The van der Waals surface area contributed by atoms with Crippen molar-refractivity contribution >= 4 is 41.0 Å². The van der Waals surface area contributed by atoms with E-state index >= 15 is 0 Å². The second-order valence-electron chi connectivity index (χ2n) is 13.5. The van der Waals surface area contributed by atoms with E-state index in [0.29, 0.717) is 63.4 Å². The number of aldehydes is 1. The van der Waals surface area contributed by atoms with Crippen LogP contribution in [0, 0.1) is 0 Å². The number of benzene rings is 1. The number of amides is 4. The number of carbonyl (C=O) groups excluding carboxylic acids is 5. The van der Waals surface area contributed by atoms with E-state index in [2.05, 4.69) is 21.3 Å². The minimum atomic E-state index is -1.65. The Bertz CT molecular complexity index is 1210. The van der Waals surface area contributed by atoms with Crippen molar-refractivity contribution in [3.05, 3.63) is 35.4 Å². The van der Waals surface area contributed by atoms with Gasteiger partial charge in [-0.1, -0.05) is 94.9 Å². The average Bonchev–Trinajstić information content (AvgIpc) is 3.19. The molecule has 0 radical (unpaired) electrons. The number of hydrogen-bond acceptors (Lipinski definition) is 10. The number of carbonyl (C=O) groups is 5. The summed E-state index contributed by atoms with van der Waals surface area (Å²) >= 11 is -1.65. The second-order valence-corrected chi connectivity index (χ2v) is 14.5. The highest BCUT2D eigenvalue weighted by atomic mass is 32.2. The molecule has 5 N–H and O–H groups in total. The van der Waals surface area contributed by atoms with Gasteiger partial charge < -0.3 is 44.8 Å². The zero-order valence-corrected chi connectivity index (χ0v) is 34.1. The molecular formula is C40H68N4O11S. The maximum absolute atomic E-state index is 12.1. The van der Waals surface area contributed by atoms with Crippen LogP contribution in [-0.4, -0.2) is 117 Å². The Hall–Kier alpha value is -3.28. The molecule has 0 aliphatic heterocycles. The summed E-state index contributed by atoms with van der Waals surface area (Å²) in [7, 11) is 0. The van der Waals surface area contributed by atoms with Gasteiger partial charge in [-0.3, -0.25) is 24.0 Å². The highest BCUT2D eigenvalue weighted by Crippen LogP contribution is 2.13. The molecular weight excluding hydrogens is 745 g/mol. The van der Waals surface area contributed by atoms with Crippen LogP contribution in [0.15, 0.2) is 24.3 Å². The lowest BCUT2D eigenvalue weighted by molar-refractivity contribution is -0.127. The zero-order chi connectivity index (χ0) is 40.7. The molecule has 320 valence electrons. The average molecular weight is 813 g/mol. The van der Waals surface area contributed by atoms with Crippen LogP contribution in [0.25, 0.3) is 0 Å². The van der Waals surface area contributed by atoms with E-state index < -0.39 is 11.1 Å². The summed E-state index contributed by atoms with van der Waals surface area (Å²) in [6, 6.07) is 6.92. The first-order valence-corrected chi connectivity index (χ1v) is 21.6. The van der Waals surface area contributed by atoms with Crippen LogP contribution < -0.4 is 21.3 Å². The number of ether oxygens (including phenoxy) is 4. The van der Waals surface area contributed by atoms with Crippen LogP contribution in [0.4, 0.5) is 0 Å². The van der Waals surface area contributed by atoms with E-state index in [4.69, 9.17) is 23.5 Å². The molecule has 0 aliphatic rings. The molecule has 1 atom stereocenters. The number of hydrogen-bond donors (Lipinski definition) is 5. The zero-order valence-electron chi connectivity index (χ0n) is 33.3. The van der Waals surface area contributed by atoms with Crippen molar-refractivity contribution < 1.29 is 51.7 Å². The van der Waals surface area contributed by atoms with Crippen LogP contribution in [0.2, 0.25) is 0 Å². The smallest absolute Gasteiger partial charge is 0.246 e. The third-order valence-electron chi connectivity index (χ3n) is 8.58. The highest BCUT2D eigenvalue weighted by molar-refractivity contribution is 7.79. The Morgan fingerprint density at radius 2 is 0.946 bits per heavy atom. The third-order valence-corrected chi connectivity index (χ3v) is 9.22. The van der Waals surface area contributed by atoms with Gasteiger partial charge >= 0.3 is 0 Å². The number of rotatable bonds is 39. The molecule has 1 rings (SSSR count). The predicted octanol–water partition coefficient (Wildman–Crippen LogP) is 3.99. The Balaban J connectivity index is 1.78. The van der Waals surface area contributed by atoms with Crippen molar-refractivity contribution in [2.24, 2.45) is 0 Å². The van der Waals surface area contributed by atoms with E-state index in [1.54, 1.807) is 24.3 Å². The molecule has 0 saturated carbocycles. The molecule has 15 nitrogen and oxygen atoms in total. The molecule has 0 bridgehead atoms. The van der Waals surface area contributed by atoms with Crippen LogP contribution in [0.1, 0.15) is 119 Å². The summed E-state index contributed by atoms with van der Waals surface area (Å²) in [5, 5.41) is 11.1. The van der Waals surface area contributed by atoms with Gasteiger partial charge in [-0.2, -0.15) is 0 Å². The minimum Gasteiger partial charge on any atom is -0.377 e. The molecule has 1 unspecified atom stereocenters. The summed E-state index contributed by atoms with van der Waals surface area (Å²) in [4.78, 5) is 58.5. The molecule has 56 heavy (non-hydrogen) atoms. The molecule has 1 aromatic rings. The fourth-order valence-electron chi connectivity index (χ4n) is 5.42. The van der Waals surface area contributed by atoms with Crippen molar-refractivity contribution in [1.29, 1.82) is 0 Å². The van der Waals surface area contributed by atoms with Crippen molar-refractivity contribution in [1.82, 2.24) is 21.3 Å². The Kier molecular flexibility index (Phi) is 33.8. The third kappa shape index (κ3) is 34.0. The van der Waals surface area contributed by atoms with Gasteiger partial charge in [-0.15, -0.1) is 0 Å². The molecule has 16 heteroatoms. The number of unbranched alkanes of at least 4 members (excludes halogenated alkanes) is 12. The molecule has 1 aromatic carbocycles. The first-order chi connectivity index (χ1) is 27.3. The molecule has 0 heterocycles. The Morgan fingerprint density at radius 1 is 0.518 bits per heavy atom. The van der Waals surface area contributed by atoms with Crippen LogP contribution in [-0.2, 0) is 55.8 Å². The summed E-state index contributed by atoms with van der Waals surface area (Å²) in [6.07, 6.45) is 17.0. The van der Waals surface area contributed by atoms with Gasteiger partial charge in [0.1, 0.15) is 19.5 Å². The van der Waals surface area contributed by atoms with E-state index in [-0.39, 0.29) is 69.9 Å². The largest absolute Gasteiger partial charge is 0.377 e. The lowest BCUT2D eigenvalue weighted by atomic mass is 10.0. The van der Waals surface area contributed by atoms with Gasteiger partial charge in [0, 0.05) is 50.3 Å². The molecule has 0 spiro atoms. The fourth-order valence-corrected chi connectivity index (χ4v) is 5.87. The standard InChI is InChI=1S/C40H68N4O11S/c45-32-36-19-17-35(18-20-36)31-44-40(49)34-55-29-27-53-25-23-43-39(48)33-54-28-26-52-24-22-42-38(47)16-14-21-41-37(46)15-12-10-8-6-4-2-1-3-5-7-9-11-13-30-56(50)51/h17-20,32H,1-16,21-31,33-34H2,(H,41,46)(H,42,47)(H,43,48)(H,44,49)(H,50,51). The van der Waals surface area contributed by atoms with Crippen molar-refractivity contribution in [3.63, 3.8) is 0 Å². The Morgan fingerprint density at radius 3 is 1.46 bits per heavy atom. The predicted molar refractivity (Wildman–Crippen MR) is 215 cm³/mol. The minimum absolute atomic E-state index is 0.0351. The lowest BCUT2D eigenvalue weighted by Crippen LogP contribution is -2.31. The summed E-state index contributed by atoms with van der Waals surface area (Å²) in [6.45, 7) is 2.90. The normalized spacial score (nSPS) is 11.5. The molecule has 4 amide bonds. The molecule has 0 aromatic heterocycles. The SMILES string of the molecule is O=Cc1ccc(CNC(=O)COCCOCCNC(=O)COCCOCCNC(=O)CCCNC(=O)CCCCCCCCCCCCCCCS(=O)O)cc1. The van der Waals surface area contributed by atoms with E-state index in [1.807, 2.05) is 0 Å². The second kappa shape index (κ2) is 37.3. The van der Waals surface area contributed by atoms with Crippen molar-refractivity contribution in [2.45, 2.75) is 109 Å². The number of nitrogens with one attached hydrogen (secondary N) is 4. The first kappa shape index (κ1) is 50.7. The lowest BCUT2D eigenvalue weighted by Gasteiger charge is -2.09. The highest BCUT2D eigenvalue weighted by Gasteiger charge is 2.06. The quantitative estimate of drug-likeness (QED) is 0.0365. The van der Waals surface area contributed by atoms with Crippen molar-refractivity contribution in [3.8, 4) is 0 Å². The maximum Gasteiger partial charge on any atom is 0.246 e. The van der Waals surface area contributed by atoms with Gasteiger partial charge in [0.05, 0.1) is 39.6 Å². The van der Waals surface area contributed by atoms with Gasteiger partial charge in [-0.25, -0.2) is 4.21 Å². The molecule has 0 aliphatic carbocycles.